The number of anilines is 2. The monoisotopic (exact) mass is 412 g/mol. The number of urea groups is 1. The van der Waals surface area contributed by atoms with E-state index in [9.17, 15) is 14.0 Å². The van der Waals surface area contributed by atoms with E-state index < -0.39 is 0 Å². The molecule has 0 saturated heterocycles. The first-order chi connectivity index (χ1) is 14.0. The van der Waals surface area contributed by atoms with Crippen LogP contribution in [0.2, 0.25) is 0 Å². The van der Waals surface area contributed by atoms with E-state index in [4.69, 9.17) is 0 Å². The average molecular weight is 412 g/mol. The number of benzene rings is 2. The molecule has 3 amide bonds. The van der Waals surface area contributed by atoms with Crippen molar-refractivity contribution in [3.8, 4) is 0 Å². The van der Waals surface area contributed by atoms with Crippen LogP contribution in [-0.2, 0) is 11.2 Å². The lowest BCUT2D eigenvalue weighted by molar-refractivity contribution is -0.116. The van der Waals surface area contributed by atoms with Crippen molar-refractivity contribution in [1.29, 1.82) is 0 Å². The number of nitrogens with zero attached hydrogens (tertiary/aromatic N) is 1. The number of amides is 3. The van der Waals surface area contributed by atoms with Crippen molar-refractivity contribution in [2.24, 2.45) is 0 Å². The van der Waals surface area contributed by atoms with E-state index in [0.717, 1.165) is 10.6 Å². The molecule has 29 heavy (non-hydrogen) atoms. The van der Waals surface area contributed by atoms with Crippen molar-refractivity contribution < 1.29 is 14.0 Å². The minimum Gasteiger partial charge on any atom is -0.337 e. The zero-order valence-electron chi connectivity index (χ0n) is 15.9. The van der Waals surface area contributed by atoms with Gasteiger partial charge in [-0.05, 0) is 30.7 Å². The maximum atomic E-state index is 13.8. The van der Waals surface area contributed by atoms with Gasteiger partial charge in [0, 0.05) is 30.0 Å². The fourth-order valence-corrected chi connectivity index (χ4v) is 3.63. The number of halogens is 1. The first kappa shape index (κ1) is 20.5. The zero-order valence-corrected chi connectivity index (χ0v) is 16.7. The van der Waals surface area contributed by atoms with Gasteiger partial charge in [0.2, 0.25) is 5.91 Å². The summed E-state index contributed by atoms with van der Waals surface area (Å²) < 4.78 is 13.8. The highest BCUT2D eigenvalue weighted by Gasteiger charge is 2.13. The molecule has 0 saturated carbocycles. The molecule has 8 heteroatoms. The Morgan fingerprint density at radius 1 is 1.03 bits per heavy atom. The smallest absolute Gasteiger partial charge is 0.319 e. The summed E-state index contributed by atoms with van der Waals surface area (Å²) in [6.45, 7) is 2.02. The number of carbonyl (C=O) groups is 2. The molecule has 0 unspecified atom stereocenters. The highest BCUT2D eigenvalue weighted by Crippen LogP contribution is 2.26. The zero-order chi connectivity index (χ0) is 20.6. The lowest BCUT2D eigenvalue weighted by atomic mass is 10.1. The van der Waals surface area contributed by atoms with Crippen molar-refractivity contribution in [1.82, 2.24) is 10.3 Å². The highest BCUT2D eigenvalue weighted by atomic mass is 32.1. The molecule has 3 aromatic rings. The largest absolute Gasteiger partial charge is 0.337 e. The molecule has 0 aliphatic heterocycles. The minimum absolute atomic E-state index is 0.115. The van der Waals surface area contributed by atoms with E-state index in [1.807, 2.05) is 25.1 Å². The summed E-state index contributed by atoms with van der Waals surface area (Å²) in [5.41, 5.74) is 2.02. The number of hydrogen-bond acceptors (Lipinski definition) is 4. The normalized spacial score (nSPS) is 10.4. The maximum Gasteiger partial charge on any atom is 0.319 e. The maximum absolute atomic E-state index is 13.8. The Labute approximate surface area is 172 Å². The molecule has 3 rings (SSSR count). The minimum atomic E-state index is -0.374. The number of aromatic nitrogens is 1. The topological polar surface area (TPSA) is 83.1 Å². The third kappa shape index (κ3) is 6.11. The molecule has 1 heterocycles. The van der Waals surface area contributed by atoms with Crippen LogP contribution in [-0.4, -0.2) is 23.5 Å². The van der Waals surface area contributed by atoms with Crippen LogP contribution in [0.5, 0.6) is 0 Å². The molecule has 0 atom stereocenters. The summed E-state index contributed by atoms with van der Waals surface area (Å²) in [6.07, 6.45) is 0.538. The summed E-state index contributed by atoms with van der Waals surface area (Å²) in [5.74, 6) is -0.512. The second-order valence-electron chi connectivity index (χ2n) is 6.34. The number of para-hydroxylation sites is 1. The van der Waals surface area contributed by atoms with Gasteiger partial charge in [0.05, 0.1) is 5.69 Å². The van der Waals surface area contributed by atoms with Crippen molar-refractivity contribution in [2.45, 2.75) is 19.8 Å². The molecular formula is C21H21FN4O2S. The number of thiazole rings is 1. The van der Waals surface area contributed by atoms with Crippen LogP contribution < -0.4 is 16.0 Å². The van der Waals surface area contributed by atoms with Gasteiger partial charge in [-0.15, -0.1) is 11.3 Å². The molecule has 0 aliphatic rings. The number of aryl methyl sites for hydroxylation is 1. The molecule has 0 bridgehead atoms. The number of hydrogen-bond donors (Lipinski definition) is 3. The van der Waals surface area contributed by atoms with Crippen LogP contribution >= 0.6 is 11.3 Å². The van der Waals surface area contributed by atoms with Crippen molar-refractivity contribution in [2.75, 3.05) is 17.2 Å². The molecule has 1 aromatic heterocycles. The van der Waals surface area contributed by atoms with E-state index >= 15 is 0 Å². The van der Waals surface area contributed by atoms with E-state index in [0.29, 0.717) is 22.8 Å². The second-order valence-corrected chi connectivity index (χ2v) is 7.42. The fourth-order valence-electron chi connectivity index (χ4n) is 2.63. The predicted molar refractivity (Wildman–Crippen MR) is 113 cm³/mol. The number of rotatable bonds is 7. The molecular weight excluding hydrogens is 391 g/mol. The van der Waals surface area contributed by atoms with Crippen LogP contribution in [0.1, 0.15) is 22.6 Å². The SMILES string of the molecule is Cc1nc(NC(=O)CCNC(=O)Nc2ccccc2)sc1Cc1ccccc1F. The van der Waals surface area contributed by atoms with Crippen molar-refractivity contribution >= 4 is 34.1 Å². The molecule has 150 valence electrons. The van der Waals surface area contributed by atoms with Gasteiger partial charge in [-0.2, -0.15) is 0 Å². The lowest BCUT2D eigenvalue weighted by Gasteiger charge is -2.07. The van der Waals surface area contributed by atoms with Crippen LogP contribution in [0.15, 0.2) is 54.6 Å². The van der Waals surface area contributed by atoms with Gasteiger partial charge in [-0.3, -0.25) is 4.79 Å². The van der Waals surface area contributed by atoms with Crippen LogP contribution in [0.4, 0.5) is 20.0 Å². The average Bonchev–Trinajstić information content (AvgIpc) is 3.03. The molecule has 3 N–H and O–H groups in total. The molecule has 2 aromatic carbocycles. The third-order valence-electron chi connectivity index (χ3n) is 4.12. The van der Waals surface area contributed by atoms with Crippen molar-refractivity contribution in [3.05, 3.63) is 76.5 Å². The number of carbonyl (C=O) groups excluding carboxylic acids is 2. The third-order valence-corrected chi connectivity index (χ3v) is 5.19. The van der Waals surface area contributed by atoms with Gasteiger partial charge in [0.25, 0.3) is 0 Å². The Balaban J connectivity index is 1.46. The highest BCUT2D eigenvalue weighted by molar-refractivity contribution is 7.15. The van der Waals surface area contributed by atoms with Crippen LogP contribution in [0.25, 0.3) is 0 Å². The first-order valence-corrected chi connectivity index (χ1v) is 9.92. The number of nitrogens with one attached hydrogen (secondary N) is 3. The quantitative estimate of drug-likeness (QED) is 0.540. The summed E-state index contributed by atoms with van der Waals surface area (Å²) in [7, 11) is 0. The van der Waals surface area contributed by atoms with Gasteiger partial charge in [0.15, 0.2) is 5.13 Å². The Morgan fingerprint density at radius 3 is 2.52 bits per heavy atom. The summed E-state index contributed by atoms with van der Waals surface area (Å²) in [5, 5.41) is 8.51. The Kier molecular flexibility index (Phi) is 6.91. The van der Waals surface area contributed by atoms with Gasteiger partial charge in [-0.25, -0.2) is 14.2 Å². The van der Waals surface area contributed by atoms with Gasteiger partial charge >= 0.3 is 6.03 Å². The van der Waals surface area contributed by atoms with Crippen molar-refractivity contribution in [3.63, 3.8) is 0 Å². The Hall–Kier alpha value is -3.26. The summed E-state index contributed by atoms with van der Waals surface area (Å²) >= 11 is 1.32. The van der Waals surface area contributed by atoms with E-state index in [2.05, 4.69) is 20.9 Å². The second kappa shape index (κ2) is 9.79. The van der Waals surface area contributed by atoms with Gasteiger partial charge in [-0.1, -0.05) is 36.4 Å². The fraction of sp³-hybridized carbons (Fsp3) is 0.190. The van der Waals surface area contributed by atoms with E-state index in [1.165, 1.54) is 17.4 Å². The molecule has 0 aliphatic carbocycles. The van der Waals surface area contributed by atoms with Gasteiger partial charge in [0.1, 0.15) is 5.82 Å². The Bertz CT molecular complexity index is 991. The van der Waals surface area contributed by atoms with E-state index in [1.54, 1.807) is 30.3 Å². The molecule has 0 spiro atoms. The molecule has 0 fully saturated rings. The predicted octanol–water partition coefficient (Wildman–Crippen LogP) is 4.33. The molecule has 0 radical (unpaired) electrons. The van der Waals surface area contributed by atoms with Crippen LogP contribution in [0.3, 0.4) is 0 Å². The van der Waals surface area contributed by atoms with Crippen LogP contribution in [0, 0.1) is 12.7 Å². The molecule has 6 nitrogen and oxygen atoms in total. The van der Waals surface area contributed by atoms with Gasteiger partial charge < -0.3 is 16.0 Å². The Morgan fingerprint density at radius 2 is 1.76 bits per heavy atom. The summed E-state index contributed by atoms with van der Waals surface area (Å²) in [6, 6.07) is 15.3. The van der Waals surface area contributed by atoms with E-state index in [-0.39, 0.29) is 30.7 Å². The standard InChI is InChI=1S/C21H21FN4O2S/c1-14-18(13-15-7-5-6-10-17(15)22)29-21(24-14)26-19(27)11-12-23-20(28)25-16-8-3-2-4-9-16/h2-10H,11-13H2,1H3,(H2,23,25,28)(H,24,26,27). The lowest BCUT2D eigenvalue weighted by Crippen LogP contribution is -2.31. The summed E-state index contributed by atoms with van der Waals surface area (Å²) in [4.78, 5) is 29.1. The first-order valence-electron chi connectivity index (χ1n) is 9.10.